The minimum atomic E-state index is -0.592. The Labute approximate surface area is 139 Å². The Hall–Kier alpha value is -3.22. The number of benzene rings is 1. The summed E-state index contributed by atoms with van der Waals surface area (Å²) in [5.74, 6) is 0.884. The largest absolute Gasteiger partial charge is 0.364 e. The van der Waals surface area contributed by atoms with E-state index in [0.29, 0.717) is 12.4 Å². The fourth-order valence-electron chi connectivity index (χ4n) is 2.33. The zero-order valence-electron chi connectivity index (χ0n) is 13.1. The SMILES string of the molecule is NC(=O)c1ccc(NCc2nccn2CCc2ccccc2)nn1. The molecule has 3 N–H and O–H groups in total. The Morgan fingerprint density at radius 3 is 2.67 bits per heavy atom. The molecule has 0 unspecified atom stereocenters. The maximum Gasteiger partial charge on any atom is 0.269 e. The molecule has 0 aliphatic heterocycles. The third kappa shape index (κ3) is 3.95. The number of anilines is 1. The molecule has 0 aliphatic carbocycles. The van der Waals surface area contributed by atoms with Crippen molar-refractivity contribution in [2.24, 2.45) is 5.73 Å². The fraction of sp³-hybridized carbons (Fsp3) is 0.176. The molecule has 0 saturated carbocycles. The molecule has 1 aromatic carbocycles. The van der Waals surface area contributed by atoms with Gasteiger partial charge >= 0.3 is 0 Å². The number of nitrogens with one attached hydrogen (secondary N) is 1. The number of aryl methyl sites for hydroxylation is 2. The van der Waals surface area contributed by atoms with E-state index < -0.39 is 5.91 Å². The summed E-state index contributed by atoms with van der Waals surface area (Å²) in [5, 5.41) is 10.8. The van der Waals surface area contributed by atoms with Crippen LogP contribution in [0.1, 0.15) is 21.9 Å². The van der Waals surface area contributed by atoms with E-state index in [0.717, 1.165) is 18.8 Å². The number of nitrogens with two attached hydrogens (primary N) is 1. The van der Waals surface area contributed by atoms with Gasteiger partial charge in [0, 0.05) is 18.9 Å². The van der Waals surface area contributed by atoms with Gasteiger partial charge in [0.15, 0.2) is 5.69 Å². The van der Waals surface area contributed by atoms with Gasteiger partial charge in [-0.2, -0.15) is 0 Å². The summed E-state index contributed by atoms with van der Waals surface area (Å²) in [5.41, 5.74) is 6.57. The van der Waals surface area contributed by atoms with Crippen LogP contribution in [0.4, 0.5) is 5.82 Å². The quantitative estimate of drug-likeness (QED) is 0.689. The van der Waals surface area contributed by atoms with Crippen LogP contribution in [0.5, 0.6) is 0 Å². The van der Waals surface area contributed by atoms with Crippen LogP contribution in [0, 0.1) is 0 Å². The predicted octanol–water partition coefficient (Wildman–Crippen LogP) is 1.63. The average molecular weight is 322 g/mol. The zero-order chi connectivity index (χ0) is 16.8. The number of carbonyl (C=O) groups is 1. The summed E-state index contributed by atoms with van der Waals surface area (Å²) in [6.45, 7) is 1.37. The Bertz CT molecular complexity index is 797. The highest BCUT2D eigenvalue weighted by Crippen LogP contribution is 2.07. The van der Waals surface area contributed by atoms with Gasteiger partial charge in [-0.05, 0) is 24.1 Å². The van der Waals surface area contributed by atoms with Gasteiger partial charge in [0.05, 0.1) is 6.54 Å². The third-order valence-corrected chi connectivity index (χ3v) is 3.63. The van der Waals surface area contributed by atoms with Gasteiger partial charge < -0.3 is 15.6 Å². The summed E-state index contributed by atoms with van der Waals surface area (Å²) in [7, 11) is 0. The monoisotopic (exact) mass is 322 g/mol. The van der Waals surface area contributed by atoms with Crippen LogP contribution in [-0.4, -0.2) is 25.7 Å². The number of primary amides is 1. The number of imidazole rings is 1. The first-order chi connectivity index (χ1) is 11.7. The molecule has 122 valence electrons. The zero-order valence-corrected chi connectivity index (χ0v) is 13.1. The molecule has 24 heavy (non-hydrogen) atoms. The minimum Gasteiger partial charge on any atom is -0.364 e. The van der Waals surface area contributed by atoms with Gasteiger partial charge in [-0.25, -0.2) is 4.98 Å². The molecule has 0 saturated heterocycles. The molecular weight excluding hydrogens is 304 g/mol. The van der Waals surface area contributed by atoms with Crippen LogP contribution in [-0.2, 0) is 19.5 Å². The van der Waals surface area contributed by atoms with Gasteiger partial charge in [-0.3, -0.25) is 4.79 Å². The molecule has 2 heterocycles. The molecular formula is C17H18N6O. The van der Waals surface area contributed by atoms with Crippen molar-refractivity contribution >= 4 is 11.7 Å². The number of hydrogen-bond acceptors (Lipinski definition) is 5. The minimum absolute atomic E-state index is 0.143. The molecule has 3 aromatic rings. The number of amides is 1. The average Bonchev–Trinajstić information content (AvgIpc) is 3.07. The smallest absolute Gasteiger partial charge is 0.269 e. The summed E-state index contributed by atoms with van der Waals surface area (Å²) < 4.78 is 2.10. The third-order valence-electron chi connectivity index (χ3n) is 3.63. The molecule has 0 aliphatic rings. The molecule has 0 radical (unpaired) electrons. The molecule has 0 bridgehead atoms. The van der Waals surface area contributed by atoms with Crippen molar-refractivity contribution < 1.29 is 4.79 Å². The molecule has 1 amide bonds. The first-order valence-electron chi connectivity index (χ1n) is 7.64. The number of carbonyl (C=O) groups excluding carboxylic acids is 1. The Kier molecular flexibility index (Phi) is 4.81. The van der Waals surface area contributed by atoms with E-state index in [2.05, 4.69) is 37.2 Å². The van der Waals surface area contributed by atoms with Crippen LogP contribution in [0.15, 0.2) is 54.9 Å². The van der Waals surface area contributed by atoms with Crippen molar-refractivity contribution in [1.82, 2.24) is 19.7 Å². The molecule has 2 aromatic heterocycles. The lowest BCUT2D eigenvalue weighted by atomic mass is 10.1. The van der Waals surface area contributed by atoms with E-state index in [4.69, 9.17) is 5.73 Å². The van der Waals surface area contributed by atoms with E-state index >= 15 is 0 Å². The maximum absolute atomic E-state index is 11.0. The van der Waals surface area contributed by atoms with Crippen molar-refractivity contribution in [1.29, 1.82) is 0 Å². The van der Waals surface area contributed by atoms with Crippen molar-refractivity contribution in [3.05, 3.63) is 71.9 Å². The van der Waals surface area contributed by atoms with Crippen LogP contribution in [0.3, 0.4) is 0 Å². The second-order valence-electron chi connectivity index (χ2n) is 5.29. The van der Waals surface area contributed by atoms with Crippen LogP contribution < -0.4 is 11.1 Å². The Balaban J connectivity index is 1.58. The topological polar surface area (TPSA) is 98.7 Å². The van der Waals surface area contributed by atoms with Crippen LogP contribution in [0.2, 0.25) is 0 Å². The van der Waals surface area contributed by atoms with E-state index in [1.165, 1.54) is 5.56 Å². The van der Waals surface area contributed by atoms with Gasteiger partial charge in [0.25, 0.3) is 5.91 Å². The highest BCUT2D eigenvalue weighted by atomic mass is 16.1. The maximum atomic E-state index is 11.0. The highest BCUT2D eigenvalue weighted by Gasteiger charge is 2.06. The summed E-state index contributed by atoms with van der Waals surface area (Å²) in [6.07, 6.45) is 4.68. The van der Waals surface area contributed by atoms with E-state index in [-0.39, 0.29) is 5.69 Å². The lowest BCUT2D eigenvalue weighted by Crippen LogP contribution is -2.15. The van der Waals surface area contributed by atoms with Crippen molar-refractivity contribution in [3.63, 3.8) is 0 Å². The number of hydrogen-bond donors (Lipinski definition) is 2. The van der Waals surface area contributed by atoms with E-state index in [9.17, 15) is 4.79 Å². The molecule has 0 fully saturated rings. The molecule has 7 heteroatoms. The van der Waals surface area contributed by atoms with Gasteiger partial charge in [-0.15, -0.1) is 10.2 Å². The summed E-state index contributed by atoms with van der Waals surface area (Å²) >= 11 is 0. The number of nitrogens with zero attached hydrogens (tertiary/aromatic N) is 4. The Morgan fingerprint density at radius 2 is 1.96 bits per heavy atom. The van der Waals surface area contributed by atoms with Crippen molar-refractivity contribution in [2.75, 3.05) is 5.32 Å². The highest BCUT2D eigenvalue weighted by molar-refractivity contribution is 5.90. The van der Waals surface area contributed by atoms with E-state index in [1.807, 2.05) is 24.4 Å². The van der Waals surface area contributed by atoms with Crippen molar-refractivity contribution in [3.8, 4) is 0 Å². The lowest BCUT2D eigenvalue weighted by Gasteiger charge is -2.09. The number of aromatic nitrogens is 4. The fourth-order valence-corrected chi connectivity index (χ4v) is 2.33. The molecule has 3 rings (SSSR count). The standard InChI is InChI=1S/C17H18N6O/c18-17(24)14-6-7-15(22-21-14)20-12-16-19-9-11-23(16)10-8-13-4-2-1-3-5-13/h1-7,9,11H,8,10,12H2,(H2,18,24)(H,20,22). The molecule has 0 atom stereocenters. The second-order valence-corrected chi connectivity index (χ2v) is 5.29. The molecule has 7 nitrogen and oxygen atoms in total. The molecule has 0 spiro atoms. The van der Waals surface area contributed by atoms with Crippen LogP contribution in [0.25, 0.3) is 0 Å². The number of rotatable bonds is 7. The van der Waals surface area contributed by atoms with Crippen LogP contribution >= 0.6 is 0 Å². The normalized spacial score (nSPS) is 10.5. The first-order valence-corrected chi connectivity index (χ1v) is 7.64. The lowest BCUT2D eigenvalue weighted by molar-refractivity contribution is 0.0994. The van der Waals surface area contributed by atoms with Gasteiger partial charge in [0.1, 0.15) is 11.6 Å². The predicted molar refractivity (Wildman–Crippen MR) is 90.2 cm³/mol. The summed E-state index contributed by atoms with van der Waals surface area (Å²) in [6, 6.07) is 13.5. The Morgan fingerprint density at radius 1 is 1.12 bits per heavy atom. The second kappa shape index (κ2) is 7.36. The summed E-state index contributed by atoms with van der Waals surface area (Å²) in [4.78, 5) is 15.3. The van der Waals surface area contributed by atoms with Gasteiger partial charge in [0.2, 0.25) is 0 Å². The van der Waals surface area contributed by atoms with E-state index in [1.54, 1.807) is 18.3 Å². The van der Waals surface area contributed by atoms with Crippen molar-refractivity contribution in [2.45, 2.75) is 19.5 Å². The van der Waals surface area contributed by atoms with Gasteiger partial charge in [-0.1, -0.05) is 30.3 Å². The first kappa shape index (κ1) is 15.7.